The minimum Gasteiger partial charge on any atom is -0.637 e. The quantitative estimate of drug-likeness (QED) is 0.114. The van der Waals surface area contributed by atoms with E-state index in [1.165, 1.54) is 47.9 Å². The molecule has 4 nitrogen and oxygen atoms in total. The SMILES string of the molecule is C1CCOC1.C1CCOC1.Cc1ccc(N=P([N-]c2c(C)cc(C)cc2C)(c2ccccc2)c2ccccc2)cc1.[CH2-][Si](C)(C)C.[CH2-][Si](C)(C)C.[Lu+3]. The Morgan fingerprint density at radius 1 is 0.558 bits per heavy atom. The van der Waals surface area contributed by atoms with Gasteiger partial charge in [-0.25, -0.2) is 0 Å². The summed E-state index contributed by atoms with van der Waals surface area (Å²) in [6, 6.07) is 34.0. The van der Waals surface area contributed by atoms with Gasteiger partial charge in [0, 0.05) is 26.4 Å². The largest absolute Gasteiger partial charge is 3.00 e. The van der Waals surface area contributed by atoms with E-state index in [9.17, 15) is 0 Å². The molecule has 2 aliphatic rings. The normalized spacial score (nSPS) is 13.6. The molecule has 0 radical (unpaired) electrons. The summed E-state index contributed by atoms with van der Waals surface area (Å²) in [5.74, 6) is 0. The number of benzene rings is 4. The summed E-state index contributed by atoms with van der Waals surface area (Å²) in [5.41, 5.74) is 6.86. The molecule has 292 valence electrons. The van der Waals surface area contributed by atoms with Crippen LogP contribution < -0.4 is 10.6 Å². The van der Waals surface area contributed by atoms with Crippen molar-refractivity contribution in [2.75, 3.05) is 26.4 Å². The van der Waals surface area contributed by atoms with E-state index >= 15 is 0 Å². The summed E-state index contributed by atoms with van der Waals surface area (Å²) in [6.07, 6.45) is 5.11. The Morgan fingerprint density at radius 3 is 1.21 bits per heavy atom. The van der Waals surface area contributed by atoms with Gasteiger partial charge in [0.25, 0.3) is 0 Å². The van der Waals surface area contributed by atoms with E-state index in [4.69, 9.17) is 19.3 Å². The van der Waals surface area contributed by atoms with Crippen LogP contribution in [0.3, 0.4) is 0 Å². The number of hydrogen-bond donors (Lipinski definition) is 0. The maximum Gasteiger partial charge on any atom is 3.00 e. The molecule has 0 amide bonds. The van der Waals surface area contributed by atoms with Gasteiger partial charge in [0.2, 0.25) is 0 Å². The van der Waals surface area contributed by atoms with Gasteiger partial charge in [-0.05, 0) is 83.3 Å². The van der Waals surface area contributed by atoms with Crippen molar-refractivity contribution in [1.29, 1.82) is 0 Å². The topological polar surface area (TPSA) is 44.9 Å². The summed E-state index contributed by atoms with van der Waals surface area (Å²) >= 11 is 0. The Labute approximate surface area is 350 Å². The molecular formula is C44H66LuN2O2PSi2. The molecule has 2 fully saturated rings. The monoisotopic (exact) mass is 916 g/mol. The van der Waals surface area contributed by atoms with Crippen LogP contribution in [0.25, 0.3) is 5.09 Å². The van der Waals surface area contributed by atoms with Crippen LogP contribution in [0.5, 0.6) is 0 Å². The van der Waals surface area contributed by atoms with Crippen molar-refractivity contribution in [2.24, 2.45) is 4.74 Å². The fourth-order valence-corrected chi connectivity index (χ4v) is 8.00. The van der Waals surface area contributed by atoms with Crippen LogP contribution in [0.4, 0.5) is 11.4 Å². The summed E-state index contributed by atoms with van der Waals surface area (Å²) in [5, 5.41) is 7.84. The first kappa shape index (κ1) is 48.5. The van der Waals surface area contributed by atoms with Gasteiger partial charge < -0.3 is 27.7 Å². The minimum atomic E-state index is -2.48. The fourth-order valence-electron chi connectivity index (χ4n) is 4.95. The summed E-state index contributed by atoms with van der Waals surface area (Å²) in [6.45, 7) is 33.6. The molecule has 0 saturated carbocycles. The first-order chi connectivity index (χ1) is 24.0. The molecule has 0 aliphatic carbocycles. The van der Waals surface area contributed by atoms with E-state index in [2.05, 4.69) is 177 Å². The first-order valence-corrected chi connectivity index (χ1v) is 27.6. The molecule has 0 aromatic heterocycles. The van der Waals surface area contributed by atoms with Gasteiger partial charge in [-0.2, -0.15) is 0 Å². The van der Waals surface area contributed by atoms with Gasteiger partial charge in [-0.1, -0.05) is 146 Å². The summed E-state index contributed by atoms with van der Waals surface area (Å²) in [7, 11) is -4.20. The van der Waals surface area contributed by atoms with Gasteiger partial charge >= 0.3 is 36.9 Å². The van der Waals surface area contributed by atoms with E-state index in [1.807, 2.05) is 0 Å². The van der Waals surface area contributed by atoms with Crippen molar-refractivity contribution >= 4 is 45.3 Å². The molecule has 2 saturated heterocycles. The third-order valence-corrected chi connectivity index (χ3v) is 10.1. The van der Waals surface area contributed by atoms with Gasteiger partial charge in [-0.3, -0.25) is 4.74 Å². The second kappa shape index (κ2) is 24.8. The van der Waals surface area contributed by atoms with Gasteiger partial charge in [-0.15, -0.1) is 21.8 Å². The molecular weight excluding hydrogens is 851 g/mol. The molecule has 6 rings (SSSR count). The molecule has 52 heavy (non-hydrogen) atoms. The van der Waals surface area contributed by atoms with Crippen LogP contribution in [0, 0.1) is 77.7 Å². The fraction of sp³-hybridized carbons (Fsp3) is 0.409. The van der Waals surface area contributed by atoms with Crippen LogP contribution in [-0.2, 0) is 9.47 Å². The van der Waals surface area contributed by atoms with Crippen molar-refractivity contribution in [3.05, 3.63) is 137 Å². The summed E-state index contributed by atoms with van der Waals surface area (Å²) < 4.78 is 15.3. The van der Waals surface area contributed by atoms with E-state index in [-0.39, 0.29) is 36.9 Å². The first-order valence-electron chi connectivity index (χ1n) is 18.5. The third-order valence-electron chi connectivity index (χ3n) is 7.06. The maximum atomic E-state index is 5.53. The molecule has 2 aliphatic heterocycles. The molecule has 2 heterocycles. The Bertz CT molecular complexity index is 1480. The predicted octanol–water partition coefficient (Wildman–Crippen LogP) is 13.0. The number of rotatable bonds is 5. The van der Waals surface area contributed by atoms with Crippen LogP contribution in [-0.4, -0.2) is 42.6 Å². The predicted molar refractivity (Wildman–Crippen MR) is 234 cm³/mol. The standard InChI is InChI=1S/C28H28N2P.2C4H8O.2C4H11Si.Lu/c1-21-15-17-25(18-16-21)29-31(26-11-7-5-8-12-26,27-13-9-6-10-14-27)30-28-23(3)19-22(2)20-24(28)4;2*1-2-4-5-3-1;2*1-5(2,3)4;/h5-20H,1-4H3;2*1-4H2;2*1H2,2-4H3;/q-1;;;2*-1;+3. The van der Waals surface area contributed by atoms with Gasteiger partial charge in [0.1, 0.15) is 0 Å². The third kappa shape index (κ3) is 20.8. The van der Waals surface area contributed by atoms with Crippen molar-refractivity contribution in [1.82, 2.24) is 0 Å². The second-order valence-electron chi connectivity index (χ2n) is 15.8. The van der Waals surface area contributed by atoms with Crippen molar-refractivity contribution in [3.8, 4) is 0 Å². The minimum absolute atomic E-state index is 0. The van der Waals surface area contributed by atoms with Crippen LogP contribution >= 0.6 is 7.21 Å². The Balaban J connectivity index is 0.000000521. The maximum absolute atomic E-state index is 5.53. The average Bonchev–Trinajstić information content (AvgIpc) is 3.83. The van der Waals surface area contributed by atoms with E-state index in [0.717, 1.165) is 48.4 Å². The molecule has 4 aromatic carbocycles. The molecule has 0 atom stereocenters. The zero-order chi connectivity index (χ0) is 37.9. The second-order valence-corrected chi connectivity index (χ2v) is 28.7. The number of hydrogen-bond acceptors (Lipinski definition) is 3. The molecule has 0 unspecified atom stereocenters. The van der Waals surface area contributed by atoms with Gasteiger partial charge in [0.15, 0.2) is 0 Å². The zero-order valence-electron chi connectivity index (χ0n) is 33.7. The van der Waals surface area contributed by atoms with E-state index in [1.54, 1.807) is 0 Å². The van der Waals surface area contributed by atoms with Crippen LogP contribution in [0.1, 0.15) is 47.9 Å². The molecule has 4 aromatic rings. The Morgan fingerprint density at radius 2 is 0.904 bits per heavy atom. The van der Waals surface area contributed by atoms with E-state index < -0.39 is 23.4 Å². The molecule has 0 bridgehead atoms. The smallest absolute Gasteiger partial charge is 0.637 e. The van der Waals surface area contributed by atoms with E-state index in [0.29, 0.717) is 0 Å². The Hall–Kier alpha value is -1.50. The molecule has 0 spiro atoms. The number of nitrogens with zero attached hydrogens (tertiary/aromatic N) is 2. The van der Waals surface area contributed by atoms with Crippen molar-refractivity contribution < 1.29 is 46.3 Å². The van der Waals surface area contributed by atoms with Crippen molar-refractivity contribution in [3.63, 3.8) is 0 Å². The molecule has 0 N–H and O–H groups in total. The van der Waals surface area contributed by atoms with Crippen molar-refractivity contribution in [2.45, 2.75) is 92.7 Å². The van der Waals surface area contributed by atoms with Crippen LogP contribution in [0.15, 0.2) is 102 Å². The number of aryl methyl sites for hydroxylation is 4. The summed E-state index contributed by atoms with van der Waals surface area (Å²) in [4.78, 5) is 0. The molecule has 8 heteroatoms. The average molecular weight is 917 g/mol. The zero-order valence-corrected chi connectivity index (χ0v) is 38.3. The Kier molecular flexibility index (Phi) is 23.2. The van der Waals surface area contributed by atoms with Gasteiger partial charge in [0.05, 0.1) is 5.69 Å². The van der Waals surface area contributed by atoms with Crippen LogP contribution in [0.2, 0.25) is 39.3 Å². The number of ether oxygens (including phenoxy) is 2.